The minimum atomic E-state index is 0.326. The molecule has 1 N–H and O–H groups in total. The zero-order valence-corrected chi connectivity index (χ0v) is 12.2. The van der Waals surface area contributed by atoms with Crippen molar-refractivity contribution in [2.45, 2.75) is 38.9 Å². The summed E-state index contributed by atoms with van der Waals surface area (Å²) in [5.74, 6) is 3.52. The summed E-state index contributed by atoms with van der Waals surface area (Å²) in [4.78, 5) is 8.73. The van der Waals surface area contributed by atoms with Crippen molar-refractivity contribution in [1.82, 2.24) is 30.2 Å². The highest BCUT2D eigenvalue weighted by molar-refractivity contribution is 5.44. The number of aromatic nitrogens is 5. The summed E-state index contributed by atoms with van der Waals surface area (Å²) in [7, 11) is 0. The Balaban J connectivity index is 1.37. The van der Waals surface area contributed by atoms with Crippen LogP contribution in [0.15, 0.2) is 27.3 Å². The first-order chi connectivity index (χ1) is 10.8. The van der Waals surface area contributed by atoms with Crippen LogP contribution in [0, 0.1) is 6.92 Å². The van der Waals surface area contributed by atoms with E-state index >= 15 is 0 Å². The van der Waals surface area contributed by atoms with Crippen LogP contribution in [0.4, 0.5) is 0 Å². The Morgan fingerprint density at radius 2 is 2.36 bits per heavy atom. The molecule has 1 aliphatic heterocycles. The quantitative estimate of drug-likeness (QED) is 0.776. The van der Waals surface area contributed by atoms with Gasteiger partial charge in [0.15, 0.2) is 5.76 Å². The molecule has 0 spiro atoms. The van der Waals surface area contributed by atoms with Gasteiger partial charge in [0, 0.05) is 12.5 Å². The van der Waals surface area contributed by atoms with Crippen molar-refractivity contribution in [2.24, 2.45) is 0 Å². The third-order valence-corrected chi connectivity index (χ3v) is 3.72. The molecule has 0 saturated carbocycles. The van der Waals surface area contributed by atoms with Crippen LogP contribution >= 0.6 is 0 Å². The first-order valence-electron chi connectivity index (χ1n) is 7.28. The SMILES string of the molecule is Cc1nc2n(n1)CC(NCc1nc(-c3ccco3)no1)CC2. The predicted molar refractivity (Wildman–Crippen MR) is 75.7 cm³/mol. The predicted octanol–water partition coefficient (Wildman–Crippen LogP) is 1.33. The Hall–Kier alpha value is -2.48. The highest BCUT2D eigenvalue weighted by Crippen LogP contribution is 2.16. The molecule has 3 aromatic heterocycles. The molecule has 8 nitrogen and oxygen atoms in total. The van der Waals surface area contributed by atoms with E-state index in [1.54, 1.807) is 18.4 Å². The molecule has 3 aromatic rings. The van der Waals surface area contributed by atoms with Crippen molar-refractivity contribution < 1.29 is 8.94 Å². The molecule has 0 amide bonds. The maximum absolute atomic E-state index is 5.24. The van der Waals surface area contributed by atoms with Gasteiger partial charge in [-0.05, 0) is 25.5 Å². The van der Waals surface area contributed by atoms with Gasteiger partial charge in [-0.15, -0.1) is 0 Å². The van der Waals surface area contributed by atoms with Gasteiger partial charge in [-0.1, -0.05) is 5.16 Å². The Labute approximate surface area is 126 Å². The molecule has 8 heteroatoms. The van der Waals surface area contributed by atoms with Crippen LogP contribution in [0.3, 0.4) is 0 Å². The second-order valence-corrected chi connectivity index (χ2v) is 5.36. The zero-order valence-electron chi connectivity index (χ0n) is 12.2. The van der Waals surface area contributed by atoms with Gasteiger partial charge in [0.1, 0.15) is 11.6 Å². The summed E-state index contributed by atoms with van der Waals surface area (Å²) < 4.78 is 12.5. The van der Waals surface area contributed by atoms with Gasteiger partial charge >= 0.3 is 0 Å². The lowest BCUT2D eigenvalue weighted by Crippen LogP contribution is -2.37. The van der Waals surface area contributed by atoms with Gasteiger partial charge in [0.25, 0.3) is 0 Å². The van der Waals surface area contributed by atoms with E-state index < -0.39 is 0 Å². The normalized spacial score (nSPS) is 17.6. The molecule has 4 heterocycles. The zero-order chi connectivity index (χ0) is 14.9. The average Bonchev–Trinajstić information content (AvgIpc) is 3.23. The standard InChI is InChI=1S/C14H16N6O2/c1-9-16-12-5-4-10(8-20(12)18-9)15-7-13-17-14(19-22-13)11-3-2-6-21-11/h2-3,6,10,15H,4-5,7-8H2,1H3. The fourth-order valence-corrected chi connectivity index (χ4v) is 2.66. The maximum atomic E-state index is 5.24. The molecule has 0 radical (unpaired) electrons. The minimum Gasteiger partial charge on any atom is -0.461 e. The van der Waals surface area contributed by atoms with Gasteiger partial charge in [0.05, 0.1) is 19.4 Å². The largest absolute Gasteiger partial charge is 0.461 e. The van der Waals surface area contributed by atoms with Crippen molar-refractivity contribution in [3.63, 3.8) is 0 Å². The Kier molecular flexibility index (Phi) is 3.23. The summed E-state index contributed by atoms with van der Waals surface area (Å²) in [5.41, 5.74) is 0. The monoisotopic (exact) mass is 300 g/mol. The molecule has 0 saturated heterocycles. The second kappa shape index (κ2) is 5.38. The van der Waals surface area contributed by atoms with Gasteiger partial charge < -0.3 is 14.3 Å². The molecule has 0 aliphatic carbocycles. The number of aryl methyl sites for hydroxylation is 2. The van der Waals surface area contributed by atoms with E-state index in [1.807, 2.05) is 11.6 Å². The molecule has 1 aliphatic rings. The molecular formula is C14H16N6O2. The molecule has 22 heavy (non-hydrogen) atoms. The molecule has 0 bridgehead atoms. The van der Waals surface area contributed by atoms with Gasteiger partial charge in [-0.2, -0.15) is 10.1 Å². The van der Waals surface area contributed by atoms with Gasteiger partial charge in [-0.25, -0.2) is 9.67 Å². The van der Waals surface area contributed by atoms with Crippen molar-refractivity contribution in [3.05, 3.63) is 35.9 Å². The van der Waals surface area contributed by atoms with Crippen molar-refractivity contribution in [3.8, 4) is 11.6 Å². The van der Waals surface area contributed by atoms with Crippen LogP contribution in [0.1, 0.15) is 24.0 Å². The Morgan fingerprint density at radius 3 is 3.23 bits per heavy atom. The van der Waals surface area contributed by atoms with Gasteiger partial charge in [0.2, 0.25) is 11.7 Å². The van der Waals surface area contributed by atoms with Gasteiger partial charge in [-0.3, -0.25) is 0 Å². The lowest BCUT2D eigenvalue weighted by Gasteiger charge is -2.22. The first-order valence-corrected chi connectivity index (χ1v) is 7.28. The lowest BCUT2D eigenvalue weighted by atomic mass is 10.1. The van der Waals surface area contributed by atoms with Crippen LogP contribution in [0.5, 0.6) is 0 Å². The summed E-state index contributed by atoms with van der Waals surface area (Å²) >= 11 is 0. The summed E-state index contributed by atoms with van der Waals surface area (Å²) in [6.07, 6.45) is 3.54. The molecule has 1 atom stereocenters. The van der Waals surface area contributed by atoms with Crippen molar-refractivity contribution in [1.29, 1.82) is 0 Å². The number of hydrogen-bond acceptors (Lipinski definition) is 7. The van der Waals surface area contributed by atoms with Crippen LogP contribution < -0.4 is 5.32 Å². The fraction of sp³-hybridized carbons (Fsp3) is 0.429. The van der Waals surface area contributed by atoms with E-state index in [0.717, 1.165) is 31.0 Å². The van der Waals surface area contributed by atoms with E-state index in [0.29, 0.717) is 30.1 Å². The van der Waals surface area contributed by atoms with E-state index in [2.05, 4.69) is 25.5 Å². The summed E-state index contributed by atoms with van der Waals surface area (Å²) in [6, 6.07) is 3.92. The third kappa shape index (κ3) is 2.52. The van der Waals surface area contributed by atoms with Crippen molar-refractivity contribution in [2.75, 3.05) is 0 Å². The smallest absolute Gasteiger partial charge is 0.241 e. The molecule has 0 aromatic carbocycles. The van der Waals surface area contributed by atoms with E-state index in [1.165, 1.54) is 0 Å². The molecule has 1 unspecified atom stereocenters. The minimum absolute atomic E-state index is 0.326. The summed E-state index contributed by atoms with van der Waals surface area (Å²) in [5, 5.41) is 11.7. The molecule has 0 fully saturated rings. The fourth-order valence-electron chi connectivity index (χ4n) is 2.66. The summed E-state index contributed by atoms with van der Waals surface area (Å²) in [6.45, 7) is 3.26. The molecule has 114 valence electrons. The second-order valence-electron chi connectivity index (χ2n) is 5.36. The van der Waals surface area contributed by atoms with Crippen molar-refractivity contribution >= 4 is 0 Å². The third-order valence-electron chi connectivity index (χ3n) is 3.72. The van der Waals surface area contributed by atoms with Crippen LogP contribution in [-0.4, -0.2) is 30.9 Å². The number of fused-ring (bicyclic) bond motifs is 1. The Morgan fingerprint density at radius 1 is 1.41 bits per heavy atom. The topological polar surface area (TPSA) is 94.8 Å². The van der Waals surface area contributed by atoms with Crippen LogP contribution in [0.25, 0.3) is 11.6 Å². The van der Waals surface area contributed by atoms with E-state index in [-0.39, 0.29) is 0 Å². The Bertz CT molecular complexity index is 760. The molecular weight excluding hydrogens is 284 g/mol. The average molecular weight is 300 g/mol. The van der Waals surface area contributed by atoms with Crippen LogP contribution in [0.2, 0.25) is 0 Å². The number of nitrogens with one attached hydrogen (secondary N) is 1. The lowest BCUT2D eigenvalue weighted by molar-refractivity contribution is 0.320. The van der Waals surface area contributed by atoms with Crippen LogP contribution in [-0.2, 0) is 19.5 Å². The maximum Gasteiger partial charge on any atom is 0.241 e. The van der Waals surface area contributed by atoms with E-state index in [9.17, 15) is 0 Å². The van der Waals surface area contributed by atoms with E-state index in [4.69, 9.17) is 8.94 Å². The highest BCUT2D eigenvalue weighted by atomic mass is 16.5. The highest BCUT2D eigenvalue weighted by Gasteiger charge is 2.21. The first kappa shape index (κ1) is 13.2. The number of hydrogen-bond donors (Lipinski definition) is 1. The number of nitrogens with zero attached hydrogens (tertiary/aromatic N) is 5. The number of rotatable bonds is 4. The number of furan rings is 1. The molecule has 4 rings (SSSR count).